The maximum absolute atomic E-state index is 13.4. The molecule has 0 radical (unpaired) electrons. The van der Waals surface area contributed by atoms with Crippen molar-refractivity contribution in [3.63, 3.8) is 0 Å². The zero-order chi connectivity index (χ0) is 20.9. The van der Waals surface area contributed by atoms with Crippen LogP contribution >= 0.6 is 0 Å². The third-order valence-corrected chi connectivity index (χ3v) is 4.90. The summed E-state index contributed by atoms with van der Waals surface area (Å²) in [5, 5.41) is 0.590. The van der Waals surface area contributed by atoms with Gasteiger partial charge in [0.15, 0.2) is 5.65 Å². The highest BCUT2D eigenvalue weighted by molar-refractivity contribution is 5.88. The van der Waals surface area contributed by atoms with E-state index < -0.39 is 11.7 Å². The second kappa shape index (κ2) is 6.55. The molecule has 3 aromatic heterocycles. The minimum Gasteiger partial charge on any atom is -0.322 e. The maximum Gasteiger partial charge on any atom is 0.417 e. The molecule has 5 rings (SSSR count). The monoisotopic (exact) mass is 406 g/mol. The van der Waals surface area contributed by atoms with Crippen LogP contribution in [0.5, 0.6) is 0 Å². The molecule has 0 fully saturated rings. The lowest BCUT2D eigenvalue weighted by Gasteiger charge is -2.13. The van der Waals surface area contributed by atoms with E-state index in [1.165, 1.54) is 12.1 Å². The van der Waals surface area contributed by atoms with Gasteiger partial charge in [0.1, 0.15) is 11.3 Å². The lowest BCUT2D eigenvalue weighted by molar-refractivity contribution is -0.137. The zero-order valence-electron chi connectivity index (χ0n) is 15.3. The van der Waals surface area contributed by atoms with Crippen molar-refractivity contribution >= 4 is 22.1 Å². The first-order valence-corrected chi connectivity index (χ1v) is 9.05. The summed E-state index contributed by atoms with van der Waals surface area (Å²) in [5.41, 5.74) is 1.36. The summed E-state index contributed by atoms with van der Waals surface area (Å²) in [6.45, 7) is 0. The van der Waals surface area contributed by atoms with Crippen LogP contribution in [0.25, 0.3) is 44.6 Å². The fourth-order valence-electron chi connectivity index (χ4n) is 3.50. The van der Waals surface area contributed by atoms with Gasteiger partial charge < -0.3 is 9.97 Å². The van der Waals surface area contributed by atoms with Gasteiger partial charge in [-0.25, -0.2) is 9.97 Å². The van der Waals surface area contributed by atoms with Crippen LogP contribution < -0.4 is 5.56 Å². The van der Waals surface area contributed by atoms with Crippen molar-refractivity contribution in [1.82, 2.24) is 19.9 Å². The number of H-pyrrole nitrogens is 2. The van der Waals surface area contributed by atoms with Crippen LogP contribution in [0.1, 0.15) is 5.56 Å². The Hall–Kier alpha value is -3.94. The van der Waals surface area contributed by atoms with E-state index in [4.69, 9.17) is 0 Å². The third-order valence-electron chi connectivity index (χ3n) is 4.90. The molecule has 0 aliphatic heterocycles. The summed E-state index contributed by atoms with van der Waals surface area (Å²) in [7, 11) is 0. The lowest BCUT2D eigenvalue weighted by atomic mass is 9.97. The first kappa shape index (κ1) is 18.1. The molecule has 0 saturated carbocycles. The fourth-order valence-corrected chi connectivity index (χ4v) is 3.50. The molecule has 2 aromatic carbocycles. The van der Waals surface area contributed by atoms with E-state index in [1.807, 2.05) is 0 Å². The summed E-state index contributed by atoms with van der Waals surface area (Å²) < 4.78 is 40.3. The molecule has 3 heterocycles. The number of imidazole rings is 1. The number of nitrogens with zero attached hydrogens (tertiary/aromatic N) is 2. The molecule has 0 unspecified atom stereocenters. The maximum atomic E-state index is 13.4. The molecule has 0 atom stereocenters. The Morgan fingerprint density at radius 1 is 0.867 bits per heavy atom. The predicted molar refractivity (Wildman–Crippen MR) is 108 cm³/mol. The average Bonchev–Trinajstić information content (AvgIpc) is 3.16. The highest BCUT2D eigenvalue weighted by Gasteiger charge is 2.33. The molecule has 0 spiro atoms. The highest BCUT2D eigenvalue weighted by atomic mass is 19.4. The summed E-state index contributed by atoms with van der Waals surface area (Å²) in [6, 6.07) is 15.3. The molecule has 2 N–H and O–H groups in total. The predicted octanol–water partition coefficient (Wildman–Crippen LogP) is 5.15. The quantitative estimate of drug-likeness (QED) is 0.426. The van der Waals surface area contributed by atoms with Crippen molar-refractivity contribution in [1.29, 1.82) is 0 Å². The van der Waals surface area contributed by atoms with Crippen LogP contribution in [0.3, 0.4) is 0 Å². The molecule has 0 amide bonds. The molecule has 148 valence electrons. The van der Waals surface area contributed by atoms with Gasteiger partial charge in [-0.1, -0.05) is 24.3 Å². The zero-order valence-corrected chi connectivity index (χ0v) is 15.3. The smallest absolute Gasteiger partial charge is 0.322 e. The van der Waals surface area contributed by atoms with E-state index in [0.717, 1.165) is 6.07 Å². The molecule has 0 bridgehead atoms. The fraction of sp³-hybridized carbons (Fsp3) is 0.0455. The molecular formula is C22H13F3N4O. The molecule has 8 heteroatoms. The summed E-state index contributed by atoms with van der Waals surface area (Å²) in [4.78, 5) is 26.9. The minimum atomic E-state index is -4.47. The van der Waals surface area contributed by atoms with Crippen molar-refractivity contribution in [2.24, 2.45) is 0 Å². The molecule has 5 aromatic rings. The van der Waals surface area contributed by atoms with Crippen molar-refractivity contribution in [2.75, 3.05) is 0 Å². The summed E-state index contributed by atoms with van der Waals surface area (Å²) >= 11 is 0. The lowest BCUT2D eigenvalue weighted by Crippen LogP contribution is -2.09. The molecule has 0 aliphatic carbocycles. The number of aromatic amines is 2. The number of alkyl halides is 3. The average molecular weight is 406 g/mol. The van der Waals surface area contributed by atoms with E-state index >= 15 is 0 Å². The molecule has 5 nitrogen and oxygen atoms in total. The normalized spacial score (nSPS) is 12.0. The van der Waals surface area contributed by atoms with Gasteiger partial charge in [0.2, 0.25) is 0 Å². The number of hydrogen-bond donors (Lipinski definition) is 2. The number of benzene rings is 2. The second-order valence-corrected chi connectivity index (χ2v) is 6.81. The van der Waals surface area contributed by atoms with Crippen LogP contribution in [-0.4, -0.2) is 19.9 Å². The Labute approximate surface area is 167 Å². The van der Waals surface area contributed by atoms with Crippen LogP contribution in [0.15, 0.2) is 71.7 Å². The van der Waals surface area contributed by atoms with Crippen molar-refractivity contribution in [3.05, 3.63) is 82.8 Å². The van der Waals surface area contributed by atoms with Crippen molar-refractivity contribution in [3.8, 4) is 22.5 Å². The number of halogens is 3. The van der Waals surface area contributed by atoms with Gasteiger partial charge in [0.05, 0.1) is 11.1 Å². The molecule has 0 aliphatic rings. The SMILES string of the molecule is O=c1[nH]c2ccc(-c3ccccc3C(F)(F)F)cc2cc1-c1nc2cccnc2[nH]1. The number of fused-ring (bicyclic) bond motifs is 2. The van der Waals surface area contributed by atoms with Crippen molar-refractivity contribution < 1.29 is 13.2 Å². The van der Waals surface area contributed by atoms with Crippen LogP contribution in [0.4, 0.5) is 13.2 Å². The van der Waals surface area contributed by atoms with Crippen molar-refractivity contribution in [2.45, 2.75) is 6.18 Å². The van der Waals surface area contributed by atoms with Gasteiger partial charge in [-0.15, -0.1) is 0 Å². The first-order valence-electron chi connectivity index (χ1n) is 9.05. The number of rotatable bonds is 2. The molecule has 0 saturated heterocycles. The van der Waals surface area contributed by atoms with Gasteiger partial charge in [0, 0.05) is 11.7 Å². The Morgan fingerprint density at radius 2 is 1.70 bits per heavy atom. The van der Waals surface area contributed by atoms with Crippen LogP contribution in [0.2, 0.25) is 0 Å². The van der Waals surface area contributed by atoms with Gasteiger partial charge in [-0.2, -0.15) is 13.2 Å². The Kier molecular flexibility index (Phi) is 3.95. The molecular weight excluding hydrogens is 393 g/mol. The van der Waals surface area contributed by atoms with Gasteiger partial charge in [-0.3, -0.25) is 4.79 Å². The summed E-state index contributed by atoms with van der Waals surface area (Å²) in [6.07, 6.45) is -2.86. The van der Waals surface area contributed by atoms with E-state index in [1.54, 1.807) is 48.7 Å². The Balaban J connectivity index is 1.69. The Morgan fingerprint density at radius 3 is 2.50 bits per heavy atom. The second-order valence-electron chi connectivity index (χ2n) is 6.81. The number of pyridine rings is 2. The van der Waals surface area contributed by atoms with Gasteiger partial charge in [0.25, 0.3) is 5.56 Å². The Bertz CT molecular complexity index is 1430. The van der Waals surface area contributed by atoms with E-state index in [9.17, 15) is 18.0 Å². The van der Waals surface area contributed by atoms with Gasteiger partial charge >= 0.3 is 6.18 Å². The van der Waals surface area contributed by atoms with Gasteiger partial charge in [-0.05, 0) is 52.9 Å². The topological polar surface area (TPSA) is 74.4 Å². The summed E-state index contributed by atoms with van der Waals surface area (Å²) in [5.74, 6) is 0.341. The number of aromatic nitrogens is 4. The number of hydrogen-bond acceptors (Lipinski definition) is 3. The molecule has 30 heavy (non-hydrogen) atoms. The van der Waals surface area contributed by atoms with Crippen LogP contribution in [0, 0.1) is 0 Å². The van der Waals surface area contributed by atoms with E-state index in [2.05, 4.69) is 19.9 Å². The van der Waals surface area contributed by atoms with E-state index in [-0.39, 0.29) is 16.7 Å². The van der Waals surface area contributed by atoms with E-state index in [0.29, 0.717) is 33.5 Å². The standard InChI is InChI=1S/C22H13F3N4O/c23-22(24,25)16-5-2-1-4-14(16)12-7-8-17-13(10-12)11-15(21(30)28-17)19-27-18-6-3-9-26-20(18)29-19/h1-11H,(H,28,30)(H,26,27,29). The highest BCUT2D eigenvalue weighted by Crippen LogP contribution is 2.37. The van der Waals surface area contributed by atoms with Crippen LogP contribution in [-0.2, 0) is 6.18 Å². The largest absolute Gasteiger partial charge is 0.417 e. The first-order chi connectivity index (χ1) is 14.4. The number of nitrogens with one attached hydrogen (secondary N) is 2. The third kappa shape index (κ3) is 3.02. The minimum absolute atomic E-state index is 0.0765.